The van der Waals surface area contributed by atoms with E-state index in [0.29, 0.717) is 23.9 Å². The highest BCUT2D eigenvalue weighted by atomic mass is 35.5. The maximum Gasteiger partial charge on any atom is 0.387 e. The van der Waals surface area contributed by atoms with Crippen LogP contribution in [0, 0.1) is 0 Å². The van der Waals surface area contributed by atoms with E-state index in [0.717, 1.165) is 16.3 Å². The Balaban J connectivity index is 1.83. The second-order valence-corrected chi connectivity index (χ2v) is 5.43. The van der Waals surface area contributed by atoms with Gasteiger partial charge in [0.25, 0.3) is 0 Å². The van der Waals surface area contributed by atoms with Crippen LogP contribution in [-0.2, 0) is 6.42 Å². The predicted molar refractivity (Wildman–Crippen MR) is 89.8 cm³/mol. The molecule has 0 saturated heterocycles. The van der Waals surface area contributed by atoms with Gasteiger partial charge in [0.05, 0.1) is 0 Å². The van der Waals surface area contributed by atoms with Crippen LogP contribution >= 0.6 is 11.6 Å². The van der Waals surface area contributed by atoms with Gasteiger partial charge in [0.2, 0.25) is 0 Å². The number of halogens is 3. The van der Waals surface area contributed by atoms with Crippen LogP contribution in [0.3, 0.4) is 0 Å². The van der Waals surface area contributed by atoms with Gasteiger partial charge < -0.3 is 10.1 Å². The summed E-state index contributed by atoms with van der Waals surface area (Å²) in [5.41, 5.74) is 0.723. The van der Waals surface area contributed by atoms with Gasteiger partial charge in [-0.3, -0.25) is 0 Å². The van der Waals surface area contributed by atoms with Gasteiger partial charge in [-0.15, -0.1) is 0 Å². The summed E-state index contributed by atoms with van der Waals surface area (Å²) in [7, 11) is 0. The molecule has 0 saturated carbocycles. The van der Waals surface area contributed by atoms with Crippen LogP contribution in [-0.4, -0.2) is 23.1 Å². The number of fused-ring (bicyclic) bond motifs is 1. The summed E-state index contributed by atoms with van der Waals surface area (Å²) in [6.07, 6.45) is 1.85. The topological polar surface area (TPSA) is 47.0 Å². The number of hydrogen-bond donors (Lipinski definition) is 1. The van der Waals surface area contributed by atoms with Crippen molar-refractivity contribution < 1.29 is 13.5 Å². The summed E-state index contributed by atoms with van der Waals surface area (Å²) in [4.78, 5) is 7.85. The molecule has 0 unspecified atom stereocenters. The molecule has 0 amide bonds. The summed E-state index contributed by atoms with van der Waals surface area (Å²) in [6, 6.07) is 12.5. The van der Waals surface area contributed by atoms with Crippen molar-refractivity contribution in [2.24, 2.45) is 0 Å². The van der Waals surface area contributed by atoms with Gasteiger partial charge >= 0.3 is 6.61 Å². The second-order valence-electron chi connectivity index (χ2n) is 5.04. The summed E-state index contributed by atoms with van der Waals surface area (Å²) in [6.45, 7) is -2.38. The van der Waals surface area contributed by atoms with Gasteiger partial charge in [0.1, 0.15) is 23.0 Å². The molecular formula is C17H14ClF2N3O. The van der Waals surface area contributed by atoms with Gasteiger partial charge in [0, 0.05) is 18.2 Å². The average Bonchev–Trinajstić information content (AvgIpc) is 2.56. The molecule has 24 heavy (non-hydrogen) atoms. The highest BCUT2D eigenvalue weighted by molar-refractivity contribution is 6.29. The molecule has 2 aromatic carbocycles. The third-order valence-corrected chi connectivity index (χ3v) is 3.74. The Morgan fingerprint density at radius 2 is 1.96 bits per heavy atom. The van der Waals surface area contributed by atoms with Crippen LogP contribution in [0.25, 0.3) is 10.8 Å². The lowest BCUT2D eigenvalue weighted by molar-refractivity contribution is -0.0503. The molecule has 0 aliphatic rings. The van der Waals surface area contributed by atoms with Gasteiger partial charge in [-0.1, -0.05) is 41.9 Å². The van der Waals surface area contributed by atoms with Crippen molar-refractivity contribution in [3.8, 4) is 5.75 Å². The summed E-state index contributed by atoms with van der Waals surface area (Å²) < 4.78 is 30.0. The normalized spacial score (nSPS) is 11.0. The van der Waals surface area contributed by atoms with E-state index in [-0.39, 0.29) is 5.75 Å². The fourth-order valence-corrected chi connectivity index (χ4v) is 2.67. The first kappa shape index (κ1) is 16.4. The van der Waals surface area contributed by atoms with E-state index in [1.165, 1.54) is 6.33 Å². The zero-order valence-electron chi connectivity index (χ0n) is 12.5. The molecular weight excluding hydrogens is 336 g/mol. The van der Waals surface area contributed by atoms with E-state index in [9.17, 15) is 8.78 Å². The number of nitrogens with one attached hydrogen (secondary N) is 1. The van der Waals surface area contributed by atoms with Crippen LogP contribution < -0.4 is 10.1 Å². The lowest BCUT2D eigenvalue weighted by atomic mass is 10.0. The largest absolute Gasteiger partial charge is 0.435 e. The molecule has 3 rings (SSSR count). The predicted octanol–water partition coefficient (Wildman–Crippen LogP) is 4.54. The maximum atomic E-state index is 12.7. The lowest BCUT2D eigenvalue weighted by Gasteiger charge is -2.14. The van der Waals surface area contributed by atoms with Gasteiger partial charge in [-0.25, -0.2) is 9.97 Å². The first-order valence-corrected chi connectivity index (χ1v) is 7.68. The van der Waals surface area contributed by atoms with Crippen molar-refractivity contribution in [3.63, 3.8) is 0 Å². The van der Waals surface area contributed by atoms with Crippen molar-refractivity contribution in [2.45, 2.75) is 13.0 Å². The fraction of sp³-hybridized carbons (Fsp3) is 0.176. The van der Waals surface area contributed by atoms with Crippen molar-refractivity contribution in [1.29, 1.82) is 0 Å². The zero-order chi connectivity index (χ0) is 16.9. The number of benzene rings is 2. The van der Waals surface area contributed by atoms with Gasteiger partial charge in [0.15, 0.2) is 0 Å². The van der Waals surface area contributed by atoms with Gasteiger partial charge in [-0.05, 0) is 23.3 Å². The quantitative estimate of drug-likeness (QED) is 0.664. The van der Waals surface area contributed by atoms with Crippen LogP contribution in [0.4, 0.5) is 14.6 Å². The Hall–Kier alpha value is -2.47. The Morgan fingerprint density at radius 1 is 1.12 bits per heavy atom. The van der Waals surface area contributed by atoms with E-state index in [2.05, 4.69) is 20.0 Å². The number of anilines is 1. The third-order valence-electron chi connectivity index (χ3n) is 3.53. The molecule has 0 spiro atoms. The number of aromatic nitrogens is 2. The Kier molecular flexibility index (Phi) is 5.05. The zero-order valence-corrected chi connectivity index (χ0v) is 13.3. The molecule has 0 aliphatic heterocycles. The summed E-state index contributed by atoms with van der Waals surface area (Å²) in [5, 5.41) is 5.29. The highest BCUT2D eigenvalue weighted by Crippen LogP contribution is 2.29. The van der Waals surface area contributed by atoms with E-state index < -0.39 is 6.61 Å². The highest BCUT2D eigenvalue weighted by Gasteiger charge is 2.12. The van der Waals surface area contributed by atoms with E-state index >= 15 is 0 Å². The van der Waals surface area contributed by atoms with Gasteiger partial charge in [-0.2, -0.15) is 8.78 Å². The Labute approximate surface area is 142 Å². The molecule has 1 aromatic heterocycles. The van der Waals surface area contributed by atoms with Crippen LogP contribution in [0.15, 0.2) is 48.8 Å². The van der Waals surface area contributed by atoms with E-state index in [1.54, 1.807) is 18.2 Å². The summed E-state index contributed by atoms with van der Waals surface area (Å²) >= 11 is 5.81. The molecule has 3 aromatic rings. The first-order valence-electron chi connectivity index (χ1n) is 7.30. The van der Waals surface area contributed by atoms with Crippen LogP contribution in [0.1, 0.15) is 5.56 Å². The molecule has 124 valence electrons. The fourth-order valence-electron chi connectivity index (χ4n) is 2.53. The Morgan fingerprint density at radius 3 is 2.75 bits per heavy atom. The molecule has 0 fully saturated rings. The SMILES string of the molecule is FC(F)Oc1ccc2ccccc2c1CCNc1cc(Cl)ncn1. The molecule has 0 aliphatic carbocycles. The van der Waals surface area contributed by atoms with Crippen LogP contribution in [0.2, 0.25) is 5.15 Å². The molecule has 0 atom stereocenters. The molecule has 1 heterocycles. The minimum absolute atomic E-state index is 0.186. The van der Waals surface area contributed by atoms with Crippen molar-refractivity contribution in [1.82, 2.24) is 9.97 Å². The van der Waals surface area contributed by atoms with E-state index in [1.807, 2.05) is 24.3 Å². The third kappa shape index (κ3) is 3.89. The second kappa shape index (κ2) is 7.40. The maximum absolute atomic E-state index is 12.7. The molecule has 0 bridgehead atoms. The molecule has 1 N–H and O–H groups in total. The number of rotatable bonds is 6. The number of hydrogen-bond acceptors (Lipinski definition) is 4. The molecule has 0 radical (unpaired) electrons. The standard InChI is InChI=1S/C17H14ClF2N3O/c18-15-9-16(23-10-22-15)21-8-7-13-12-4-2-1-3-11(12)5-6-14(13)24-17(19)20/h1-6,9-10,17H,7-8H2,(H,21,22,23). The lowest BCUT2D eigenvalue weighted by Crippen LogP contribution is -2.10. The minimum Gasteiger partial charge on any atom is -0.435 e. The van der Waals surface area contributed by atoms with Crippen molar-refractivity contribution in [3.05, 3.63) is 59.5 Å². The Bertz CT molecular complexity index is 845. The van der Waals surface area contributed by atoms with Crippen molar-refractivity contribution in [2.75, 3.05) is 11.9 Å². The van der Waals surface area contributed by atoms with Crippen molar-refractivity contribution >= 4 is 28.2 Å². The monoisotopic (exact) mass is 349 g/mol. The van der Waals surface area contributed by atoms with Crippen LogP contribution in [0.5, 0.6) is 5.75 Å². The molecule has 7 heteroatoms. The number of nitrogens with zero attached hydrogens (tertiary/aromatic N) is 2. The first-order chi connectivity index (χ1) is 11.6. The summed E-state index contributed by atoms with van der Waals surface area (Å²) in [5.74, 6) is 0.762. The molecule has 4 nitrogen and oxygen atoms in total. The number of ether oxygens (including phenoxy) is 1. The smallest absolute Gasteiger partial charge is 0.387 e. The van der Waals surface area contributed by atoms with E-state index in [4.69, 9.17) is 11.6 Å². The average molecular weight is 350 g/mol. The minimum atomic E-state index is -2.86. The number of alkyl halides is 2.